The number of aromatic nitrogens is 4. The quantitative estimate of drug-likeness (QED) is 0.828. The number of anilines is 1. The minimum Gasteiger partial charge on any atom is -0.381 e. The van der Waals surface area contributed by atoms with E-state index in [1.165, 1.54) is 18.6 Å². The van der Waals surface area contributed by atoms with Crippen molar-refractivity contribution in [2.75, 3.05) is 31.2 Å². The molecule has 0 spiro atoms. The van der Waals surface area contributed by atoms with E-state index in [1.54, 1.807) is 6.33 Å². The average molecular weight is 365 g/mol. The van der Waals surface area contributed by atoms with Gasteiger partial charge >= 0.3 is 0 Å². The van der Waals surface area contributed by atoms with Crippen LogP contribution in [0.25, 0.3) is 5.52 Å². The fourth-order valence-electron chi connectivity index (χ4n) is 4.48. The van der Waals surface area contributed by atoms with Crippen LogP contribution in [-0.2, 0) is 4.74 Å². The summed E-state index contributed by atoms with van der Waals surface area (Å²) in [5.41, 5.74) is 4.46. The van der Waals surface area contributed by atoms with Crippen molar-refractivity contribution in [3.8, 4) is 0 Å². The van der Waals surface area contributed by atoms with Crippen LogP contribution >= 0.6 is 0 Å². The molecule has 0 N–H and O–H groups in total. The lowest BCUT2D eigenvalue weighted by Crippen LogP contribution is -2.41. The predicted molar refractivity (Wildman–Crippen MR) is 102 cm³/mol. The van der Waals surface area contributed by atoms with Crippen LogP contribution in [0.4, 0.5) is 5.82 Å². The summed E-state index contributed by atoms with van der Waals surface area (Å²) in [5, 5.41) is 4.46. The van der Waals surface area contributed by atoms with Gasteiger partial charge in [0.15, 0.2) is 5.82 Å². The van der Waals surface area contributed by atoms with Crippen molar-refractivity contribution < 1.29 is 4.74 Å². The van der Waals surface area contributed by atoms with Gasteiger partial charge in [-0.2, -0.15) is 5.10 Å². The van der Waals surface area contributed by atoms with Gasteiger partial charge in [0.1, 0.15) is 23.8 Å². The van der Waals surface area contributed by atoms with Gasteiger partial charge in [0.25, 0.3) is 0 Å². The predicted octanol–water partition coefficient (Wildman–Crippen LogP) is 1.78. The Morgan fingerprint density at radius 3 is 2.85 bits per heavy atom. The second-order valence-electron chi connectivity index (χ2n) is 8.02. The summed E-state index contributed by atoms with van der Waals surface area (Å²) in [5.74, 6) is 2.87. The van der Waals surface area contributed by atoms with Crippen molar-refractivity contribution in [2.45, 2.75) is 44.7 Å². The summed E-state index contributed by atoms with van der Waals surface area (Å²) in [6.07, 6.45) is 6.32. The number of hydrogen-bond acceptors (Lipinski definition) is 7. The van der Waals surface area contributed by atoms with Crippen LogP contribution in [0.2, 0.25) is 0 Å². The normalized spacial score (nSPS) is 27.8. The SMILES string of the molecule is Cc1nc(C2CCOC2)c2c(N3CCC4=NC(C5CC5)N=C4C3)ncnn12. The largest absolute Gasteiger partial charge is 0.381 e. The van der Waals surface area contributed by atoms with Gasteiger partial charge in [0.05, 0.1) is 30.3 Å². The molecule has 3 fully saturated rings. The number of piperidine rings is 1. The number of hydrogen-bond donors (Lipinski definition) is 0. The van der Waals surface area contributed by atoms with Crippen molar-refractivity contribution in [3.05, 3.63) is 17.8 Å². The van der Waals surface area contributed by atoms with E-state index in [2.05, 4.69) is 15.0 Å². The average Bonchev–Trinajstić information content (AvgIpc) is 3.10. The lowest BCUT2D eigenvalue weighted by atomic mass is 10.0. The zero-order valence-corrected chi connectivity index (χ0v) is 15.5. The molecule has 3 aliphatic heterocycles. The number of nitrogens with zero attached hydrogens (tertiary/aromatic N) is 7. The minimum atomic E-state index is 0.184. The molecule has 0 aromatic carbocycles. The Bertz CT molecular complexity index is 968. The third-order valence-corrected chi connectivity index (χ3v) is 6.13. The first kappa shape index (κ1) is 15.7. The molecule has 27 heavy (non-hydrogen) atoms. The maximum absolute atomic E-state index is 5.61. The molecule has 8 nitrogen and oxygen atoms in total. The number of fused-ring (bicyclic) bond motifs is 2. The van der Waals surface area contributed by atoms with E-state index < -0.39 is 0 Å². The zero-order chi connectivity index (χ0) is 18.0. The molecule has 140 valence electrons. The Balaban J connectivity index is 1.39. The number of imidazole rings is 1. The van der Waals surface area contributed by atoms with E-state index in [1.807, 2.05) is 11.4 Å². The van der Waals surface area contributed by atoms with Gasteiger partial charge in [0, 0.05) is 31.4 Å². The third-order valence-electron chi connectivity index (χ3n) is 6.13. The molecule has 0 amide bonds. The van der Waals surface area contributed by atoms with Gasteiger partial charge < -0.3 is 9.64 Å². The van der Waals surface area contributed by atoms with Crippen LogP contribution in [0.5, 0.6) is 0 Å². The highest BCUT2D eigenvalue weighted by atomic mass is 16.5. The van der Waals surface area contributed by atoms with Crippen LogP contribution in [0.1, 0.15) is 43.1 Å². The minimum absolute atomic E-state index is 0.184. The molecule has 1 aliphatic carbocycles. The van der Waals surface area contributed by atoms with E-state index >= 15 is 0 Å². The van der Waals surface area contributed by atoms with Gasteiger partial charge in [0.2, 0.25) is 0 Å². The number of rotatable bonds is 3. The van der Waals surface area contributed by atoms with E-state index in [4.69, 9.17) is 19.7 Å². The molecule has 0 radical (unpaired) electrons. The molecule has 6 rings (SSSR count). The molecule has 2 unspecified atom stereocenters. The van der Waals surface area contributed by atoms with Gasteiger partial charge in [-0.15, -0.1) is 0 Å². The third kappa shape index (κ3) is 2.50. The van der Waals surface area contributed by atoms with Gasteiger partial charge in [-0.3, -0.25) is 9.98 Å². The molecule has 1 saturated carbocycles. The fraction of sp³-hybridized carbons (Fsp3) is 0.632. The smallest absolute Gasteiger partial charge is 0.158 e. The summed E-state index contributed by atoms with van der Waals surface area (Å²) in [4.78, 5) is 21.6. The number of aryl methyl sites for hydroxylation is 1. The summed E-state index contributed by atoms with van der Waals surface area (Å²) in [7, 11) is 0. The molecule has 8 heteroatoms. The van der Waals surface area contributed by atoms with Gasteiger partial charge in [-0.25, -0.2) is 14.5 Å². The van der Waals surface area contributed by atoms with E-state index in [0.717, 1.165) is 67.7 Å². The van der Waals surface area contributed by atoms with Gasteiger partial charge in [-0.05, 0) is 26.2 Å². The highest BCUT2D eigenvalue weighted by Crippen LogP contribution is 2.38. The van der Waals surface area contributed by atoms with E-state index in [-0.39, 0.29) is 6.17 Å². The van der Waals surface area contributed by atoms with Gasteiger partial charge in [-0.1, -0.05) is 0 Å². The second kappa shape index (κ2) is 5.82. The summed E-state index contributed by atoms with van der Waals surface area (Å²) < 4.78 is 7.55. The highest BCUT2D eigenvalue weighted by Gasteiger charge is 2.37. The van der Waals surface area contributed by atoms with Crippen molar-refractivity contribution in [1.29, 1.82) is 0 Å². The second-order valence-corrected chi connectivity index (χ2v) is 8.02. The Morgan fingerprint density at radius 1 is 1.15 bits per heavy atom. The molecule has 4 aliphatic rings. The standard InChI is InChI=1S/C19H23N7O/c1-11-22-16(13-5-7-27-9-13)17-19(20-10-21-26(11)17)25-6-4-14-15(8-25)24-18(23-14)12-2-3-12/h10,12-13,18H,2-9H2,1H3. The highest BCUT2D eigenvalue weighted by molar-refractivity contribution is 6.45. The lowest BCUT2D eigenvalue weighted by molar-refractivity contribution is 0.193. The fourth-order valence-corrected chi connectivity index (χ4v) is 4.48. The Morgan fingerprint density at radius 2 is 2.04 bits per heavy atom. The molecule has 2 aromatic heterocycles. The lowest BCUT2D eigenvalue weighted by Gasteiger charge is -2.29. The first-order valence-corrected chi connectivity index (χ1v) is 9.94. The molecular weight excluding hydrogens is 342 g/mol. The van der Waals surface area contributed by atoms with Crippen LogP contribution in [-0.4, -0.2) is 63.5 Å². The molecule has 0 bridgehead atoms. The van der Waals surface area contributed by atoms with Crippen LogP contribution in [0.15, 0.2) is 16.3 Å². The molecule has 5 heterocycles. The monoisotopic (exact) mass is 365 g/mol. The Labute approximate surface area is 157 Å². The summed E-state index contributed by atoms with van der Waals surface area (Å²) in [6, 6.07) is 0. The molecule has 2 atom stereocenters. The van der Waals surface area contributed by atoms with E-state index in [9.17, 15) is 0 Å². The van der Waals surface area contributed by atoms with Crippen molar-refractivity contribution >= 4 is 22.8 Å². The Kier molecular flexibility index (Phi) is 3.38. The maximum Gasteiger partial charge on any atom is 0.158 e. The van der Waals surface area contributed by atoms with Crippen molar-refractivity contribution in [2.24, 2.45) is 15.9 Å². The first-order chi connectivity index (χ1) is 13.3. The molecular formula is C19H23N7O. The maximum atomic E-state index is 5.61. The van der Waals surface area contributed by atoms with E-state index in [0.29, 0.717) is 11.8 Å². The molecule has 2 aromatic rings. The van der Waals surface area contributed by atoms with Crippen molar-refractivity contribution in [3.63, 3.8) is 0 Å². The molecule has 2 saturated heterocycles. The summed E-state index contributed by atoms with van der Waals surface area (Å²) >= 11 is 0. The number of aliphatic imine (C=N–C) groups is 2. The van der Waals surface area contributed by atoms with Crippen LogP contribution < -0.4 is 4.90 Å². The topological polar surface area (TPSA) is 80.3 Å². The summed E-state index contributed by atoms with van der Waals surface area (Å²) in [6.45, 7) is 5.22. The van der Waals surface area contributed by atoms with Crippen molar-refractivity contribution in [1.82, 2.24) is 19.6 Å². The zero-order valence-electron chi connectivity index (χ0n) is 15.5. The Hall–Kier alpha value is -2.35. The van der Waals surface area contributed by atoms with Crippen LogP contribution in [0, 0.1) is 12.8 Å². The first-order valence-electron chi connectivity index (χ1n) is 9.94. The number of ether oxygens (including phenoxy) is 1. The van der Waals surface area contributed by atoms with Crippen LogP contribution in [0.3, 0.4) is 0 Å².